The van der Waals surface area contributed by atoms with E-state index < -0.39 is 4.92 Å². The number of nitro groups is 1. The lowest BCUT2D eigenvalue weighted by atomic mass is 9.97. The lowest BCUT2D eigenvalue weighted by Crippen LogP contribution is -2.19. The van der Waals surface area contributed by atoms with Crippen LogP contribution in [0.4, 0.5) is 17.1 Å². The summed E-state index contributed by atoms with van der Waals surface area (Å²) in [5.41, 5.74) is 4.42. The molecule has 0 saturated heterocycles. The fourth-order valence-electron chi connectivity index (χ4n) is 3.42. The predicted molar refractivity (Wildman–Crippen MR) is 104 cm³/mol. The van der Waals surface area contributed by atoms with E-state index in [4.69, 9.17) is 0 Å². The Morgan fingerprint density at radius 3 is 2.89 bits per heavy atom. The number of fused-ring (bicyclic) bond motifs is 2. The SMILES string of the molecule is C[C@H](Nc1ccc([N+](=O)[O-])c2cccnc12)c1ccc2c(c1)CCC(=O)N2. The van der Waals surface area contributed by atoms with Crippen LogP contribution in [0.2, 0.25) is 0 Å². The fraction of sp³-hybridized carbons (Fsp3) is 0.200. The molecule has 0 bridgehead atoms. The van der Waals surface area contributed by atoms with Gasteiger partial charge in [-0.2, -0.15) is 0 Å². The number of anilines is 2. The summed E-state index contributed by atoms with van der Waals surface area (Å²) >= 11 is 0. The summed E-state index contributed by atoms with van der Waals surface area (Å²) in [6.45, 7) is 2.03. The van der Waals surface area contributed by atoms with Crippen LogP contribution in [-0.2, 0) is 11.2 Å². The molecule has 0 saturated carbocycles. The summed E-state index contributed by atoms with van der Waals surface area (Å²) in [4.78, 5) is 26.7. The number of pyridine rings is 1. The largest absolute Gasteiger partial charge is 0.377 e. The quantitative estimate of drug-likeness (QED) is 0.535. The number of nitro benzene ring substituents is 1. The van der Waals surface area contributed by atoms with E-state index in [0.29, 0.717) is 17.3 Å². The molecule has 3 aromatic rings. The number of aromatic nitrogens is 1. The highest BCUT2D eigenvalue weighted by atomic mass is 16.6. The Balaban J connectivity index is 1.66. The highest BCUT2D eigenvalue weighted by Crippen LogP contribution is 2.33. The minimum Gasteiger partial charge on any atom is -0.377 e. The third-order valence-corrected chi connectivity index (χ3v) is 4.84. The average molecular weight is 362 g/mol. The van der Waals surface area contributed by atoms with Crippen molar-refractivity contribution in [2.75, 3.05) is 10.6 Å². The Morgan fingerprint density at radius 2 is 2.07 bits per heavy atom. The normalized spacial score (nSPS) is 14.3. The van der Waals surface area contributed by atoms with Gasteiger partial charge in [0.25, 0.3) is 5.69 Å². The topological polar surface area (TPSA) is 97.2 Å². The van der Waals surface area contributed by atoms with Crippen molar-refractivity contribution >= 4 is 33.9 Å². The summed E-state index contributed by atoms with van der Waals surface area (Å²) in [5, 5.41) is 18.1. The van der Waals surface area contributed by atoms with Gasteiger partial charge < -0.3 is 10.6 Å². The molecule has 7 nitrogen and oxygen atoms in total. The van der Waals surface area contributed by atoms with E-state index >= 15 is 0 Å². The van der Waals surface area contributed by atoms with Crippen molar-refractivity contribution in [1.29, 1.82) is 0 Å². The van der Waals surface area contributed by atoms with Gasteiger partial charge in [-0.1, -0.05) is 12.1 Å². The van der Waals surface area contributed by atoms with Gasteiger partial charge in [0.1, 0.15) is 5.52 Å². The van der Waals surface area contributed by atoms with Crippen molar-refractivity contribution in [1.82, 2.24) is 4.98 Å². The van der Waals surface area contributed by atoms with Gasteiger partial charge in [-0.05, 0) is 48.7 Å². The maximum Gasteiger partial charge on any atom is 0.278 e. The molecule has 2 aromatic carbocycles. The van der Waals surface area contributed by atoms with Crippen molar-refractivity contribution in [3.63, 3.8) is 0 Å². The van der Waals surface area contributed by atoms with E-state index in [1.807, 2.05) is 19.1 Å². The Hall–Kier alpha value is -3.48. The molecular weight excluding hydrogens is 344 g/mol. The number of nitrogens with zero attached hydrogens (tertiary/aromatic N) is 2. The minimum atomic E-state index is -0.394. The maximum absolute atomic E-state index is 11.5. The molecule has 1 atom stereocenters. The van der Waals surface area contributed by atoms with Crippen LogP contribution in [0.1, 0.15) is 30.5 Å². The molecule has 0 spiro atoms. The monoisotopic (exact) mass is 362 g/mol. The second-order valence-electron chi connectivity index (χ2n) is 6.62. The molecule has 1 amide bonds. The fourth-order valence-corrected chi connectivity index (χ4v) is 3.42. The number of nitrogens with one attached hydrogen (secondary N) is 2. The van der Waals surface area contributed by atoms with Crippen LogP contribution in [0.15, 0.2) is 48.7 Å². The lowest BCUT2D eigenvalue weighted by Gasteiger charge is -2.21. The van der Waals surface area contributed by atoms with Gasteiger partial charge in [-0.15, -0.1) is 0 Å². The number of benzene rings is 2. The van der Waals surface area contributed by atoms with Gasteiger partial charge in [0.2, 0.25) is 5.91 Å². The first-order valence-corrected chi connectivity index (χ1v) is 8.74. The lowest BCUT2D eigenvalue weighted by molar-refractivity contribution is -0.383. The number of non-ortho nitro benzene ring substituents is 1. The van der Waals surface area contributed by atoms with Gasteiger partial charge in [-0.25, -0.2) is 0 Å². The van der Waals surface area contributed by atoms with Crippen LogP contribution in [0, 0.1) is 10.1 Å². The Labute approximate surface area is 155 Å². The van der Waals surface area contributed by atoms with Crippen LogP contribution in [0.3, 0.4) is 0 Å². The molecular formula is C20H18N4O3. The zero-order valence-electron chi connectivity index (χ0n) is 14.7. The number of hydrogen-bond acceptors (Lipinski definition) is 5. The third kappa shape index (κ3) is 3.19. The minimum absolute atomic E-state index is 0.0282. The van der Waals surface area contributed by atoms with Crippen molar-refractivity contribution < 1.29 is 9.72 Å². The first-order valence-electron chi connectivity index (χ1n) is 8.74. The first-order chi connectivity index (χ1) is 13.0. The van der Waals surface area contributed by atoms with Crippen molar-refractivity contribution in [3.8, 4) is 0 Å². The molecule has 1 aliphatic rings. The summed E-state index contributed by atoms with van der Waals surface area (Å²) in [7, 11) is 0. The van der Waals surface area contributed by atoms with Crippen LogP contribution in [-0.4, -0.2) is 15.8 Å². The molecule has 2 heterocycles. The molecule has 0 radical (unpaired) electrons. The zero-order chi connectivity index (χ0) is 19.0. The number of rotatable bonds is 4. The second kappa shape index (κ2) is 6.68. The van der Waals surface area contributed by atoms with Crippen LogP contribution < -0.4 is 10.6 Å². The second-order valence-corrected chi connectivity index (χ2v) is 6.62. The molecule has 27 heavy (non-hydrogen) atoms. The van der Waals surface area contributed by atoms with E-state index in [-0.39, 0.29) is 17.6 Å². The average Bonchev–Trinajstić information content (AvgIpc) is 2.67. The van der Waals surface area contributed by atoms with Crippen LogP contribution in [0.25, 0.3) is 10.9 Å². The molecule has 0 unspecified atom stereocenters. The van der Waals surface area contributed by atoms with Crippen molar-refractivity contribution in [2.45, 2.75) is 25.8 Å². The summed E-state index contributed by atoms with van der Waals surface area (Å²) < 4.78 is 0. The number of carbonyl (C=O) groups is 1. The van der Waals surface area contributed by atoms with Gasteiger partial charge in [0, 0.05) is 30.4 Å². The number of hydrogen-bond donors (Lipinski definition) is 2. The zero-order valence-corrected chi connectivity index (χ0v) is 14.7. The first kappa shape index (κ1) is 17.0. The Bertz CT molecular complexity index is 1060. The summed E-state index contributed by atoms with van der Waals surface area (Å²) in [6.07, 6.45) is 2.85. The number of carbonyl (C=O) groups excluding carboxylic acids is 1. The standard InChI is InChI=1S/C20H18N4O3/c1-12(13-4-6-16-14(11-13)5-9-19(25)23-16)22-17-7-8-18(24(26)27)15-3-2-10-21-20(15)17/h2-4,6-8,10-12,22H,5,9H2,1H3,(H,23,25)/t12-/m0/s1. The smallest absolute Gasteiger partial charge is 0.278 e. The number of aryl methyl sites for hydroxylation is 1. The van der Waals surface area contributed by atoms with Gasteiger partial charge in [0.05, 0.1) is 16.0 Å². The van der Waals surface area contributed by atoms with E-state index in [0.717, 1.165) is 28.9 Å². The van der Waals surface area contributed by atoms with E-state index in [1.54, 1.807) is 24.4 Å². The molecule has 0 fully saturated rings. The third-order valence-electron chi connectivity index (χ3n) is 4.84. The van der Waals surface area contributed by atoms with Gasteiger partial charge in [0.15, 0.2) is 0 Å². The molecule has 1 aliphatic heterocycles. The molecule has 1 aromatic heterocycles. The highest BCUT2D eigenvalue weighted by molar-refractivity contribution is 5.97. The van der Waals surface area contributed by atoms with Gasteiger partial charge >= 0.3 is 0 Å². The van der Waals surface area contributed by atoms with Crippen LogP contribution >= 0.6 is 0 Å². The summed E-state index contributed by atoms with van der Waals surface area (Å²) in [5.74, 6) is 0.0462. The Morgan fingerprint density at radius 1 is 1.22 bits per heavy atom. The number of amides is 1. The van der Waals surface area contributed by atoms with Crippen molar-refractivity contribution in [3.05, 3.63) is 69.9 Å². The molecule has 4 rings (SSSR count). The van der Waals surface area contributed by atoms with Crippen molar-refractivity contribution in [2.24, 2.45) is 0 Å². The molecule has 2 N–H and O–H groups in total. The summed E-state index contributed by atoms with van der Waals surface area (Å²) in [6, 6.07) is 12.6. The van der Waals surface area contributed by atoms with E-state index in [2.05, 4.69) is 21.7 Å². The highest BCUT2D eigenvalue weighted by Gasteiger charge is 2.18. The Kier molecular flexibility index (Phi) is 4.19. The molecule has 7 heteroatoms. The molecule has 0 aliphatic carbocycles. The van der Waals surface area contributed by atoms with E-state index in [9.17, 15) is 14.9 Å². The maximum atomic E-state index is 11.5. The van der Waals surface area contributed by atoms with E-state index in [1.165, 1.54) is 6.07 Å². The molecule has 136 valence electrons. The predicted octanol–water partition coefficient (Wildman–Crippen LogP) is 4.20. The van der Waals surface area contributed by atoms with Crippen LogP contribution in [0.5, 0.6) is 0 Å². The van der Waals surface area contributed by atoms with Gasteiger partial charge in [-0.3, -0.25) is 19.9 Å².